The van der Waals surface area contributed by atoms with Gasteiger partial charge >= 0.3 is 5.97 Å². The van der Waals surface area contributed by atoms with E-state index >= 15 is 0 Å². The fourth-order valence-electron chi connectivity index (χ4n) is 3.23. The van der Waals surface area contributed by atoms with Gasteiger partial charge in [0.2, 0.25) is 5.78 Å². The fourth-order valence-corrected chi connectivity index (χ4v) is 4.40. The first kappa shape index (κ1) is 21.5. The van der Waals surface area contributed by atoms with Crippen LogP contribution in [0, 0.1) is 11.3 Å². The highest BCUT2D eigenvalue weighted by Gasteiger charge is 2.28. The number of ether oxygens (including phenoxy) is 1. The van der Waals surface area contributed by atoms with Gasteiger partial charge in [-0.2, -0.15) is 5.26 Å². The first-order valence-electron chi connectivity index (χ1n) is 9.70. The molecule has 0 saturated heterocycles. The molecule has 30 heavy (non-hydrogen) atoms. The zero-order valence-corrected chi connectivity index (χ0v) is 18.0. The van der Waals surface area contributed by atoms with Crippen LogP contribution in [0.5, 0.6) is 0 Å². The lowest BCUT2D eigenvalue weighted by Crippen LogP contribution is -2.22. The number of benzene rings is 2. The molecule has 6 nitrogen and oxygen atoms in total. The molecule has 3 rings (SSSR count). The molecule has 0 saturated carbocycles. The minimum Gasteiger partial charge on any atom is -0.454 e. The molecule has 0 amide bonds. The molecule has 0 fully saturated rings. The zero-order chi connectivity index (χ0) is 21.7. The normalized spacial score (nSPS) is 14.0. The molecule has 0 spiro atoms. The van der Waals surface area contributed by atoms with E-state index in [2.05, 4.69) is 18.7 Å². The number of Topliss-reactive ketones (excluding diaryl/α,β-unsaturated/α-hetero) is 1. The smallest absolute Gasteiger partial charge is 0.338 e. The van der Waals surface area contributed by atoms with Crippen molar-refractivity contribution in [1.82, 2.24) is 0 Å². The topological polar surface area (TPSA) is 73.6 Å². The molecular formula is C23H23N3O3S. The maximum atomic E-state index is 12.6. The van der Waals surface area contributed by atoms with Crippen molar-refractivity contribution in [3.8, 4) is 6.07 Å². The number of esters is 1. The molecule has 1 aliphatic heterocycles. The van der Waals surface area contributed by atoms with Crippen molar-refractivity contribution in [2.75, 3.05) is 36.5 Å². The number of hydrogen-bond donors (Lipinski definition) is 0. The van der Waals surface area contributed by atoms with E-state index in [1.54, 1.807) is 12.1 Å². The summed E-state index contributed by atoms with van der Waals surface area (Å²) in [6, 6.07) is 16.7. The second kappa shape index (κ2) is 9.51. The van der Waals surface area contributed by atoms with Crippen LogP contribution in [-0.2, 0) is 9.53 Å². The second-order valence-corrected chi connectivity index (χ2v) is 7.67. The predicted octanol–water partition coefficient (Wildman–Crippen LogP) is 4.24. The summed E-state index contributed by atoms with van der Waals surface area (Å²) in [6.45, 7) is 5.40. The molecule has 1 heterocycles. The molecule has 0 unspecified atom stereocenters. The summed E-state index contributed by atoms with van der Waals surface area (Å²) in [7, 11) is 1.81. The molecule has 1 aliphatic rings. The highest BCUT2D eigenvalue weighted by molar-refractivity contribution is 8.03. The fraction of sp³-hybridized carbons (Fsp3) is 0.261. The van der Waals surface area contributed by atoms with Crippen LogP contribution in [0.1, 0.15) is 24.2 Å². The van der Waals surface area contributed by atoms with Crippen molar-refractivity contribution in [3.05, 3.63) is 64.7 Å². The average molecular weight is 422 g/mol. The largest absolute Gasteiger partial charge is 0.454 e. The number of nitriles is 1. The van der Waals surface area contributed by atoms with Gasteiger partial charge in [0.1, 0.15) is 16.7 Å². The Balaban J connectivity index is 1.67. The highest BCUT2D eigenvalue weighted by atomic mass is 32.2. The van der Waals surface area contributed by atoms with E-state index in [4.69, 9.17) is 4.74 Å². The van der Waals surface area contributed by atoms with Gasteiger partial charge in [0.25, 0.3) is 0 Å². The minimum absolute atomic E-state index is 0.0108. The van der Waals surface area contributed by atoms with E-state index in [1.807, 2.05) is 54.4 Å². The van der Waals surface area contributed by atoms with Crippen molar-refractivity contribution >= 4 is 34.9 Å². The summed E-state index contributed by atoms with van der Waals surface area (Å²) >= 11 is 1.36. The van der Waals surface area contributed by atoms with Crippen LogP contribution in [0.25, 0.3) is 0 Å². The first-order valence-corrected chi connectivity index (χ1v) is 10.5. The molecule has 7 heteroatoms. The average Bonchev–Trinajstić information content (AvgIpc) is 3.10. The van der Waals surface area contributed by atoms with Gasteiger partial charge in [-0.05, 0) is 50.2 Å². The Kier molecular flexibility index (Phi) is 6.80. The second-order valence-electron chi connectivity index (χ2n) is 6.64. The summed E-state index contributed by atoms with van der Waals surface area (Å²) in [4.78, 5) is 29.9. The first-order chi connectivity index (χ1) is 14.5. The Labute approximate surface area is 180 Å². The quantitative estimate of drug-likeness (QED) is 0.376. The summed E-state index contributed by atoms with van der Waals surface area (Å²) in [5.74, 6) is -1.11. The third-order valence-electron chi connectivity index (χ3n) is 4.91. The molecule has 0 N–H and O–H groups in total. The standard InChI is InChI=1S/C23H23N3O3S/c1-4-26(5-2)17-12-10-16(11-13-17)23(28)29-15-20(27)18(14-24)22-25(3)19-8-6-7-9-21(19)30-22/h6-13H,4-5,15H2,1-3H3/b22-18-. The molecule has 0 aromatic heterocycles. The van der Waals surface area contributed by atoms with E-state index in [9.17, 15) is 14.9 Å². The van der Waals surface area contributed by atoms with Gasteiger partial charge in [0, 0.05) is 30.7 Å². The van der Waals surface area contributed by atoms with Crippen molar-refractivity contribution in [1.29, 1.82) is 5.26 Å². The van der Waals surface area contributed by atoms with Crippen molar-refractivity contribution < 1.29 is 14.3 Å². The summed E-state index contributed by atoms with van der Waals surface area (Å²) in [5, 5.41) is 10.1. The monoisotopic (exact) mass is 421 g/mol. The Morgan fingerprint density at radius 3 is 2.37 bits per heavy atom. The molecule has 0 atom stereocenters. The Morgan fingerprint density at radius 2 is 1.77 bits per heavy atom. The van der Waals surface area contributed by atoms with Gasteiger partial charge in [0.05, 0.1) is 11.3 Å². The van der Waals surface area contributed by atoms with E-state index in [1.165, 1.54) is 11.8 Å². The maximum Gasteiger partial charge on any atom is 0.338 e. The number of carbonyl (C=O) groups excluding carboxylic acids is 2. The number of carbonyl (C=O) groups is 2. The van der Waals surface area contributed by atoms with Crippen molar-refractivity contribution in [3.63, 3.8) is 0 Å². The summed E-state index contributed by atoms with van der Waals surface area (Å²) < 4.78 is 5.18. The van der Waals surface area contributed by atoms with Crippen LogP contribution in [0.2, 0.25) is 0 Å². The Bertz CT molecular complexity index is 1020. The van der Waals surface area contributed by atoms with E-state index in [0.29, 0.717) is 10.6 Å². The summed E-state index contributed by atoms with van der Waals surface area (Å²) in [5.41, 5.74) is 2.31. The van der Waals surface area contributed by atoms with Gasteiger partial charge in [0.15, 0.2) is 6.61 Å². The molecule has 2 aromatic rings. The van der Waals surface area contributed by atoms with Crippen LogP contribution >= 0.6 is 11.8 Å². The Hall–Kier alpha value is -3.24. The van der Waals surface area contributed by atoms with E-state index in [0.717, 1.165) is 29.4 Å². The number of ketones is 1. The predicted molar refractivity (Wildman–Crippen MR) is 119 cm³/mol. The molecule has 2 aromatic carbocycles. The third-order valence-corrected chi connectivity index (χ3v) is 6.14. The molecular weight excluding hydrogens is 398 g/mol. The molecule has 0 radical (unpaired) electrons. The van der Waals surface area contributed by atoms with Crippen LogP contribution in [0.3, 0.4) is 0 Å². The number of thioether (sulfide) groups is 1. The van der Waals surface area contributed by atoms with Gasteiger partial charge in [-0.25, -0.2) is 4.79 Å². The van der Waals surface area contributed by atoms with Crippen LogP contribution in [0.15, 0.2) is 64.0 Å². The Morgan fingerprint density at radius 1 is 1.10 bits per heavy atom. The molecule has 154 valence electrons. The maximum absolute atomic E-state index is 12.6. The number of fused-ring (bicyclic) bond motifs is 1. The highest BCUT2D eigenvalue weighted by Crippen LogP contribution is 2.46. The van der Waals surface area contributed by atoms with E-state index in [-0.39, 0.29) is 5.57 Å². The van der Waals surface area contributed by atoms with Crippen LogP contribution in [-0.4, -0.2) is 38.5 Å². The molecule has 0 bridgehead atoms. The van der Waals surface area contributed by atoms with Gasteiger partial charge < -0.3 is 14.5 Å². The van der Waals surface area contributed by atoms with Crippen molar-refractivity contribution in [2.24, 2.45) is 0 Å². The lowest BCUT2D eigenvalue weighted by molar-refractivity contribution is -0.118. The van der Waals surface area contributed by atoms with E-state index < -0.39 is 18.4 Å². The minimum atomic E-state index is -0.590. The van der Waals surface area contributed by atoms with Gasteiger partial charge in [-0.1, -0.05) is 23.9 Å². The number of rotatable bonds is 7. The number of hydrogen-bond acceptors (Lipinski definition) is 7. The molecule has 0 aliphatic carbocycles. The van der Waals surface area contributed by atoms with Crippen LogP contribution < -0.4 is 9.80 Å². The SMILES string of the molecule is CCN(CC)c1ccc(C(=O)OCC(=O)/C(C#N)=C2\Sc3ccccc3N2C)cc1. The third kappa shape index (κ3) is 4.34. The van der Waals surface area contributed by atoms with Gasteiger partial charge in [-0.15, -0.1) is 0 Å². The number of nitrogens with zero attached hydrogens (tertiary/aromatic N) is 3. The van der Waals surface area contributed by atoms with Crippen LogP contribution in [0.4, 0.5) is 11.4 Å². The number of anilines is 2. The van der Waals surface area contributed by atoms with Crippen molar-refractivity contribution in [2.45, 2.75) is 18.7 Å². The number of para-hydroxylation sites is 1. The zero-order valence-electron chi connectivity index (χ0n) is 17.2. The lowest BCUT2D eigenvalue weighted by atomic mass is 10.2. The summed E-state index contributed by atoms with van der Waals surface area (Å²) in [6.07, 6.45) is 0. The lowest BCUT2D eigenvalue weighted by Gasteiger charge is -2.20. The van der Waals surface area contributed by atoms with Gasteiger partial charge in [-0.3, -0.25) is 4.79 Å².